The van der Waals surface area contributed by atoms with Gasteiger partial charge < -0.3 is 14.4 Å². The number of rotatable bonds is 14. The molecule has 1 aliphatic rings. The van der Waals surface area contributed by atoms with Crippen molar-refractivity contribution in [3.63, 3.8) is 0 Å². The number of fused-ring (bicyclic) bond motifs is 1. The predicted octanol–water partition coefficient (Wildman–Crippen LogP) is 7.31. The number of hydrogen-bond acceptors (Lipinski definition) is 5. The summed E-state index contributed by atoms with van der Waals surface area (Å²) in [6.07, 6.45) is 9.91. The molecule has 2 atom stereocenters. The van der Waals surface area contributed by atoms with Crippen LogP contribution < -0.4 is 4.74 Å². The Kier molecular flexibility index (Phi) is 11.0. The third-order valence-electron chi connectivity index (χ3n) is 8.68. The Balaban J connectivity index is 1.17. The minimum Gasteiger partial charge on any atom is -0.497 e. The van der Waals surface area contributed by atoms with E-state index in [1.165, 1.54) is 16.7 Å². The second-order valence-corrected chi connectivity index (χ2v) is 11.5. The Bertz CT molecular complexity index is 1390. The third kappa shape index (κ3) is 8.42. The van der Waals surface area contributed by atoms with E-state index in [-0.39, 0.29) is 11.9 Å². The summed E-state index contributed by atoms with van der Waals surface area (Å²) in [7, 11) is 1.70. The van der Waals surface area contributed by atoms with Crippen LogP contribution in [-0.2, 0) is 28.8 Å². The summed E-state index contributed by atoms with van der Waals surface area (Å²) in [5, 5.41) is 1.15. The number of aromatic nitrogens is 1. The molecule has 42 heavy (non-hydrogen) atoms. The molecule has 3 aromatic carbocycles. The van der Waals surface area contributed by atoms with E-state index in [1.54, 1.807) is 7.11 Å². The van der Waals surface area contributed by atoms with Gasteiger partial charge in [-0.15, -0.1) is 0 Å². The van der Waals surface area contributed by atoms with Gasteiger partial charge in [0, 0.05) is 18.1 Å². The monoisotopic (exact) mass is 564 g/mol. The molecule has 0 saturated carbocycles. The van der Waals surface area contributed by atoms with E-state index in [0.717, 1.165) is 87.7 Å². The number of piperidine rings is 1. The Morgan fingerprint density at radius 2 is 1.62 bits per heavy atom. The molecule has 4 aromatic rings. The van der Waals surface area contributed by atoms with Crippen molar-refractivity contribution in [2.24, 2.45) is 11.8 Å². The molecular weight excluding hydrogens is 520 g/mol. The van der Waals surface area contributed by atoms with Crippen LogP contribution in [0.2, 0.25) is 0 Å². The molecule has 0 bridgehead atoms. The van der Waals surface area contributed by atoms with Crippen LogP contribution in [-0.4, -0.2) is 49.2 Å². The lowest BCUT2D eigenvalue weighted by Gasteiger charge is -2.37. The van der Waals surface area contributed by atoms with Gasteiger partial charge in [0.25, 0.3) is 0 Å². The second kappa shape index (κ2) is 15.5. The maximum atomic E-state index is 13.5. The number of likely N-dealkylation sites (tertiary alicyclic amines) is 1. The van der Waals surface area contributed by atoms with E-state index in [2.05, 4.69) is 76.6 Å². The first-order valence-electron chi connectivity index (χ1n) is 15.6. The second-order valence-electron chi connectivity index (χ2n) is 11.5. The summed E-state index contributed by atoms with van der Waals surface area (Å²) in [4.78, 5) is 20.5. The number of ether oxygens (including phenoxy) is 2. The minimum atomic E-state index is -0.0681. The fourth-order valence-corrected chi connectivity index (χ4v) is 6.32. The summed E-state index contributed by atoms with van der Waals surface area (Å²) in [5.41, 5.74) is 4.95. The third-order valence-corrected chi connectivity index (χ3v) is 8.68. The molecule has 0 N–H and O–H groups in total. The van der Waals surface area contributed by atoms with E-state index in [4.69, 9.17) is 9.47 Å². The summed E-state index contributed by atoms with van der Waals surface area (Å²) in [6.45, 7) is 3.35. The zero-order valence-corrected chi connectivity index (χ0v) is 24.9. The van der Waals surface area contributed by atoms with Gasteiger partial charge in [-0.2, -0.15) is 0 Å². The van der Waals surface area contributed by atoms with Gasteiger partial charge in [-0.25, -0.2) is 0 Å². The Morgan fingerprint density at radius 3 is 2.36 bits per heavy atom. The molecule has 2 heterocycles. The maximum absolute atomic E-state index is 13.5. The maximum Gasteiger partial charge on any atom is 0.310 e. The number of aryl methyl sites for hydroxylation is 3. The summed E-state index contributed by atoms with van der Waals surface area (Å²) < 4.78 is 11.4. The first-order valence-corrected chi connectivity index (χ1v) is 15.6. The molecule has 1 fully saturated rings. The zero-order chi connectivity index (χ0) is 29.0. The van der Waals surface area contributed by atoms with Gasteiger partial charge in [0.2, 0.25) is 0 Å². The van der Waals surface area contributed by atoms with E-state index in [1.807, 2.05) is 24.4 Å². The van der Waals surface area contributed by atoms with Crippen molar-refractivity contribution in [2.45, 2.75) is 51.4 Å². The van der Waals surface area contributed by atoms with Gasteiger partial charge in [0.05, 0.1) is 25.2 Å². The molecule has 220 valence electrons. The molecule has 1 aromatic heterocycles. The normalized spacial score (nSPS) is 17.3. The van der Waals surface area contributed by atoms with Gasteiger partial charge in [-0.3, -0.25) is 9.78 Å². The van der Waals surface area contributed by atoms with Crippen molar-refractivity contribution < 1.29 is 14.3 Å². The molecule has 0 radical (unpaired) electrons. The molecule has 0 aliphatic carbocycles. The van der Waals surface area contributed by atoms with Gasteiger partial charge in [0.15, 0.2) is 0 Å². The van der Waals surface area contributed by atoms with E-state index < -0.39 is 0 Å². The van der Waals surface area contributed by atoms with Crippen molar-refractivity contribution in [1.82, 2.24) is 9.88 Å². The van der Waals surface area contributed by atoms with Crippen molar-refractivity contribution in [3.8, 4) is 5.75 Å². The van der Waals surface area contributed by atoms with Crippen molar-refractivity contribution >= 4 is 16.9 Å². The van der Waals surface area contributed by atoms with Gasteiger partial charge in [-0.1, -0.05) is 60.7 Å². The van der Waals surface area contributed by atoms with Crippen LogP contribution in [0, 0.1) is 11.8 Å². The Morgan fingerprint density at radius 1 is 0.881 bits per heavy atom. The Labute approximate surface area is 250 Å². The number of methoxy groups -OCH3 is 1. The quantitative estimate of drug-likeness (QED) is 0.119. The zero-order valence-electron chi connectivity index (χ0n) is 24.9. The van der Waals surface area contributed by atoms with Crippen LogP contribution in [0.15, 0.2) is 91.1 Å². The molecular formula is C37H44N2O3. The van der Waals surface area contributed by atoms with E-state index in [0.29, 0.717) is 12.5 Å². The molecule has 1 saturated heterocycles. The SMILES string of the molecule is COc1ccc2nccc(CCC[C@@H]3CCN(CCCc4ccccc4)C[C@@H]3C(=O)OCCCc3ccccc3)c2c1. The highest BCUT2D eigenvalue weighted by Crippen LogP contribution is 2.31. The first-order chi connectivity index (χ1) is 20.7. The minimum absolute atomic E-state index is 0.0140. The van der Waals surface area contributed by atoms with Crippen LogP contribution >= 0.6 is 0 Å². The summed E-state index contributed by atoms with van der Waals surface area (Å²) in [5.74, 6) is 1.12. The molecule has 0 spiro atoms. The summed E-state index contributed by atoms with van der Waals surface area (Å²) in [6, 6.07) is 29.3. The largest absolute Gasteiger partial charge is 0.497 e. The van der Waals surface area contributed by atoms with E-state index >= 15 is 0 Å². The molecule has 0 unspecified atom stereocenters. The number of pyridine rings is 1. The van der Waals surface area contributed by atoms with Crippen LogP contribution in [0.25, 0.3) is 10.9 Å². The van der Waals surface area contributed by atoms with Crippen molar-refractivity contribution in [3.05, 3.63) is 108 Å². The lowest BCUT2D eigenvalue weighted by molar-refractivity contribution is -0.153. The average Bonchev–Trinajstić information content (AvgIpc) is 3.04. The fraction of sp³-hybridized carbons (Fsp3) is 0.405. The topological polar surface area (TPSA) is 51.7 Å². The number of nitrogens with zero attached hydrogens (tertiary/aromatic N) is 2. The molecule has 5 nitrogen and oxygen atoms in total. The predicted molar refractivity (Wildman–Crippen MR) is 170 cm³/mol. The highest BCUT2D eigenvalue weighted by Gasteiger charge is 2.35. The molecule has 5 heteroatoms. The standard InChI is InChI=1S/C37H44N2O3/c1-41-33-19-20-36-34(27-33)31(21-23-38-36)17-8-18-32-22-25-39(24-9-15-29-11-4-2-5-12-29)28-35(32)37(40)42-26-10-16-30-13-6-3-7-14-30/h2-7,11-14,19-21,23,27,32,35H,8-10,15-18,22,24-26,28H2,1H3/t32-,35+/m1/s1. The van der Waals surface area contributed by atoms with E-state index in [9.17, 15) is 4.79 Å². The highest BCUT2D eigenvalue weighted by atomic mass is 16.5. The van der Waals surface area contributed by atoms with Gasteiger partial charge in [-0.05, 0) is 111 Å². The lowest BCUT2D eigenvalue weighted by Crippen LogP contribution is -2.45. The van der Waals surface area contributed by atoms with Crippen LogP contribution in [0.1, 0.15) is 48.8 Å². The van der Waals surface area contributed by atoms with Crippen LogP contribution in [0.3, 0.4) is 0 Å². The highest BCUT2D eigenvalue weighted by molar-refractivity contribution is 5.83. The van der Waals surface area contributed by atoms with Crippen molar-refractivity contribution in [2.75, 3.05) is 33.4 Å². The van der Waals surface area contributed by atoms with Gasteiger partial charge >= 0.3 is 5.97 Å². The smallest absolute Gasteiger partial charge is 0.310 e. The number of hydrogen-bond donors (Lipinski definition) is 0. The lowest BCUT2D eigenvalue weighted by atomic mass is 9.81. The molecule has 0 amide bonds. The number of carbonyl (C=O) groups is 1. The molecule has 1 aliphatic heterocycles. The van der Waals surface area contributed by atoms with Crippen LogP contribution in [0.5, 0.6) is 5.75 Å². The van der Waals surface area contributed by atoms with Crippen LogP contribution in [0.4, 0.5) is 0 Å². The number of carbonyl (C=O) groups excluding carboxylic acids is 1. The average molecular weight is 565 g/mol. The first kappa shape index (κ1) is 29.8. The van der Waals surface area contributed by atoms with Gasteiger partial charge in [0.1, 0.15) is 5.75 Å². The summed E-state index contributed by atoms with van der Waals surface area (Å²) >= 11 is 0. The number of esters is 1. The molecule has 5 rings (SSSR count). The fourth-order valence-electron chi connectivity index (χ4n) is 6.32. The number of benzene rings is 3. The van der Waals surface area contributed by atoms with Crippen molar-refractivity contribution in [1.29, 1.82) is 0 Å². The Hall–Kier alpha value is -3.70.